The van der Waals surface area contributed by atoms with Gasteiger partial charge in [-0.2, -0.15) is 0 Å². The molecule has 0 saturated carbocycles. The van der Waals surface area contributed by atoms with Gasteiger partial charge in [0.05, 0.1) is 0 Å². The van der Waals surface area contributed by atoms with Crippen molar-refractivity contribution in [3.63, 3.8) is 0 Å². The molecule has 3 rings (SSSR count). The monoisotopic (exact) mass is 379 g/mol. The molecule has 12 heteroatoms. The average molecular weight is 379 g/mol. The first-order chi connectivity index (χ1) is 12.8. The number of hydrogen-bond donors (Lipinski definition) is 6. The summed E-state index contributed by atoms with van der Waals surface area (Å²) in [5.41, 5.74) is 17.8. The molecule has 0 unspecified atom stereocenters. The highest BCUT2D eigenvalue weighted by atomic mass is 16.5. The summed E-state index contributed by atoms with van der Waals surface area (Å²) in [6, 6.07) is -1.63. The predicted octanol–water partition coefficient (Wildman–Crippen LogP) is -1.94. The minimum absolute atomic E-state index is 0.0766. The molecule has 27 heavy (non-hydrogen) atoms. The lowest BCUT2D eigenvalue weighted by atomic mass is 10.1. The van der Waals surface area contributed by atoms with E-state index in [0.717, 1.165) is 0 Å². The lowest BCUT2D eigenvalue weighted by molar-refractivity contribution is -0.138. The zero-order chi connectivity index (χ0) is 19.7. The van der Waals surface area contributed by atoms with Crippen molar-refractivity contribution in [2.75, 3.05) is 5.73 Å². The van der Waals surface area contributed by atoms with E-state index in [4.69, 9.17) is 27.0 Å². The van der Waals surface area contributed by atoms with Crippen LogP contribution in [0.2, 0.25) is 0 Å². The highest BCUT2D eigenvalue weighted by molar-refractivity contribution is 5.81. The van der Waals surface area contributed by atoms with Crippen molar-refractivity contribution >= 4 is 23.0 Å². The fraction of sp³-hybridized carbons (Fsp3) is 0.467. The van der Waals surface area contributed by atoms with Crippen LogP contribution in [0.4, 0.5) is 5.82 Å². The number of aromatic nitrogens is 4. The van der Waals surface area contributed by atoms with Crippen molar-refractivity contribution in [3.05, 3.63) is 24.5 Å². The Morgan fingerprint density at radius 3 is 2.74 bits per heavy atom. The molecule has 1 aliphatic heterocycles. The number of rotatable bonds is 6. The van der Waals surface area contributed by atoms with Crippen LogP contribution >= 0.6 is 0 Å². The molecule has 1 aliphatic rings. The van der Waals surface area contributed by atoms with E-state index in [2.05, 4.69) is 15.0 Å². The number of nitrogens with two attached hydrogens (primary N) is 3. The van der Waals surface area contributed by atoms with Crippen LogP contribution in [-0.2, 0) is 9.53 Å². The smallest absolute Gasteiger partial charge is 0.320 e. The minimum atomic E-state index is -1.31. The zero-order valence-electron chi connectivity index (χ0n) is 14.2. The Morgan fingerprint density at radius 2 is 2.04 bits per heavy atom. The van der Waals surface area contributed by atoms with Gasteiger partial charge in [0.25, 0.3) is 0 Å². The van der Waals surface area contributed by atoms with Gasteiger partial charge in [0.2, 0.25) is 6.23 Å². The number of anilines is 1. The van der Waals surface area contributed by atoms with Crippen LogP contribution in [0, 0.1) is 0 Å². The van der Waals surface area contributed by atoms with E-state index in [9.17, 15) is 15.0 Å². The maximum atomic E-state index is 10.7. The molecule has 5 atom stereocenters. The molecule has 0 amide bonds. The van der Waals surface area contributed by atoms with Gasteiger partial charge in [0.1, 0.15) is 42.2 Å². The maximum Gasteiger partial charge on any atom is 0.320 e. The Labute approximate surface area is 153 Å². The topological polar surface area (TPSA) is 209 Å². The number of fused-ring (bicyclic) bond motifs is 1. The van der Waals surface area contributed by atoms with Crippen LogP contribution in [0.15, 0.2) is 24.5 Å². The summed E-state index contributed by atoms with van der Waals surface area (Å²) in [7, 11) is 0. The molecule has 0 bridgehead atoms. The van der Waals surface area contributed by atoms with E-state index in [-0.39, 0.29) is 24.4 Å². The molecule has 2 aromatic rings. The lowest BCUT2D eigenvalue weighted by Crippen LogP contribution is -2.32. The van der Waals surface area contributed by atoms with Crippen LogP contribution in [0.25, 0.3) is 11.2 Å². The third-order valence-corrected chi connectivity index (χ3v) is 4.33. The van der Waals surface area contributed by atoms with E-state index in [1.54, 1.807) is 0 Å². The molecule has 2 aromatic heterocycles. The second-order valence-electron chi connectivity index (χ2n) is 6.28. The Balaban J connectivity index is 1.77. The highest BCUT2D eigenvalue weighted by Crippen LogP contribution is 2.34. The average Bonchev–Trinajstić information content (AvgIpc) is 3.17. The van der Waals surface area contributed by atoms with Crippen LogP contribution in [-0.4, -0.2) is 65.1 Å². The van der Waals surface area contributed by atoms with Crippen molar-refractivity contribution in [2.45, 2.75) is 43.4 Å². The van der Waals surface area contributed by atoms with Crippen LogP contribution in [0.1, 0.15) is 19.1 Å². The van der Waals surface area contributed by atoms with Crippen molar-refractivity contribution in [3.8, 4) is 0 Å². The zero-order valence-corrected chi connectivity index (χ0v) is 14.2. The number of carboxylic acids is 1. The van der Waals surface area contributed by atoms with Gasteiger partial charge in [0.15, 0.2) is 11.5 Å². The van der Waals surface area contributed by atoms with Crippen molar-refractivity contribution in [1.29, 1.82) is 0 Å². The molecule has 0 spiro atoms. The fourth-order valence-electron chi connectivity index (χ4n) is 2.81. The molecular formula is C15H21N7O5. The van der Waals surface area contributed by atoms with Gasteiger partial charge in [-0.3, -0.25) is 9.36 Å². The lowest BCUT2D eigenvalue weighted by Gasteiger charge is -2.16. The quantitative estimate of drug-likeness (QED) is 0.325. The summed E-state index contributed by atoms with van der Waals surface area (Å²) < 4.78 is 7.10. The first-order valence-corrected chi connectivity index (χ1v) is 8.21. The number of hydrogen-bond acceptors (Lipinski definition) is 10. The van der Waals surface area contributed by atoms with Crippen molar-refractivity contribution in [2.24, 2.45) is 11.5 Å². The maximum absolute atomic E-state index is 10.7. The van der Waals surface area contributed by atoms with Gasteiger partial charge < -0.3 is 37.3 Å². The van der Waals surface area contributed by atoms with Crippen LogP contribution in [0.5, 0.6) is 0 Å². The summed E-state index contributed by atoms with van der Waals surface area (Å²) >= 11 is 0. The van der Waals surface area contributed by atoms with E-state index >= 15 is 0 Å². The predicted molar refractivity (Wildman–Crippen MR) is 92.8 cm³/mol. The van der Waals surface area contributed by atoms with Crippen molar-refractivity contribution in [1.82, 2.24) is 19.5 Å². The summed E-state index contributed by atoms with van der Waals surface area (Å²) in [6.45, 7) is 0. The number of carboxylic acid groups (broad SMARTS) is 1. The van der Waals surface area contributed by atoms with E-state index in [1.807, 2.05) is 0 Å². The minimum Gasteiger partial charge on any atom is -0.480 e. The first kappa shape index (κ1) is 19.0. The Morgan fingerprint density at radius 1 is 1.30 bits per heavy atom. The molecular weight excluding hydrogens is 358 g/mol. The SMILES string of the molecule is Nc1ncnc2c1ncn2[C@@H]1O/C(=C\[C@@H](N)CC[C@H](N)C(=O)O)[C@@H](O)[C@H]1O. The molecule has 146 valence electrons. The molecule has 3 heterocycles. The molecule has 0 aliphatic carbocycles. The molecule has 1 saturated heterocycles. The molecule has 0 radical (unpaired) electrons. The Kier molecular flexibility index (Phi) is 5.23. The van der Waals surface area contributed by atoms with Gasteiger partial charge in [-0.15, -0.1) is 0 Å². The normalized spacial score (nSPS) is 26.2. The summed E-state index contributed by atoms with van der Waals surface area (Å²) in [5.74, 6) is -0.858. The van der Waals surface area contributed by atoms with Gasteiger partial charge in [-0.1, -0.05) is 0 Å². The number of imidazole rings is 1. The van der Waals surface area contributed by atoms with Crippen LogP contribution < -0.4 is 17.2 Å². The number of nitrogens with zero attached hydrogens (tertiary/aromatic N) is 4. The second-order valence-corrected chi connectivity index (χ2v) is 6.28. The third-order valence-electron chi connectivity index (χ3n) is 4.33. The van der Waals surface area contributed by atoms with Gasteiger partial charge in [-0.05, 0) is 18.9 Å². The molecule has 9 N–H and O–H groups in total. The van der Waals surface area contributed by atoms with E-state index < -0.39 is 36.5 Å². The number of aliphatic carboxylic acids is 1. The Hall–Kier alpha value is -2.80. The van der Waals surface area contributed by atoms with Crippen molar-refractivity contribution < 1.29 is 24.9 Å². The molecule has 0 aromatic carbocycles. The molecule has 1 fully saturated rings. The van der Waals surface area contributed by atoms with Crippen LogP contribution in [0.3, 0.4) is 0 Å². The largest absolute Gasteiger partial charge is 0.480 e. The van der Waals surface area contributed by atoms with E-state index in [0.29, 0.717) is 11.2 Å². The highest BCUT2D eigenvalue weighted by Gasteiger charge is 2.41. The third kappa shape index (κ3) is 3.68. The number of aliphatic hydroxyl groups excluding tert-OH is 2. The van der Waals surface area contributed by atoms with E-state index in [1.165, 1.54) is 23.3 Å². The first-order valence-electron chi connectivity index (χ1n) is 8.21. The number of nitrogen functional groups attached to an aromatic ring is 1. The summed E-state index contributed by atoms with van der Waals surface area (Å²) in [5, 5.41) is 29.4. The standard InChI is InChI=1S/C15H21N7O5/c16-6(1-2-7(17)15(25)26)3-8-10(23)11(24)14(27-8)22-5-21-9-12(18)19-4-20-13(9)22/h3-7,10-11,14,23-24H,1-2,16-17H2,(H,25,26)(H2,18,19,20)/b8-3-/t6-,7-,10+,11+,14+/m0/s1. The van der Waals surface area contributed by atoms with Gasteiger partial charge in [0, 0.05) is 6.04 Å². The van der Waals surface area contributed by atoms with Gasteiger partial charge in [-0.25, -0.2) is 15.0 Å². The Bertz CT molecular complexity index is 869. The number of ether oxygens (including phenoxy) is 1. The van der Waals surface area contributed by atoms with Gasteiger partial charge >= 0.3 is 5.97 Å². The fourth-order valence-corrected chi connectivity index (χ4v) is 2.81. The number of aliphatic hydroxyl groups is 2. The summed E-state index contributed by atoms with van der Waals surface area (Å²) in [4.78, 5) is 22.8. The molecule has 12 nitrogen and oxygen atoms in total. The number of carbonyl (C=O) groups is 1. The second kappa shape index (κ2) is 7.44. The summed E-state index contributed by atoms with van der Waals surface area (Å²) in [6.07, 6.45) is 0.904.